The average Bonchev–Trinajstić information content (AvgIpc) is 2.64. The van der Waals surface area contributed by atoms with Gasteiger partial charge in [-0.3, -0.25) is 0 Å². The highest BCUT2D eigenvalue weighted by Crippen LogP contribution is 2.33. The number of rotatable bonds is 3. The molecule has 2 nitrogen and oxygen atoms in total. The molecule has 1 heterocycles. The van der Waals surface area contributed by atoms with E-state index in [1.54, 1.807) is 23.1 Å². The van der Waals surface area contributed by atoms with Gasteiger partial charge >= 0.3 is 0 Å². The molecule has 0 aliphatic rings. The number of hydrogen-bond donors (Lipinski definition) is 1. The molecule has 2 N–H and O–H groups in total. The second-order valence-corrected chi connectivity index (χ2v) is 5.82. The Morgan fingerprint density at radius 3 is 2.81 bits per heavy atom. The zero-order chi connectivity index (χ0) is 11.5. The molecule has 1 aromatic heterocycles. The van der Waals surface area contributed by atoms with Crippen LogP contribution in [-0.4, -0.2) is 4.98 Å². The van der Waals surface area contributed by atoms with Crippen molar-refractivity contribution in [1.29, 1.82) is 0 Å². The summed E-state index contributed by atoms with van der Waals surface area (Å²) < 4.78 is 1.08. The van der Waals surface area contributed by atoms with Crippen LogP contribution in [0.1, 0.15) is 16.8 Å². The minimum absolute atomic E-state index is 0.576. The quantitative estimate of drug-likeness (QED) is 0.907. The first-order chi connectivity index (χ1) is 7.69. The van der Waals surface area contributed by atoms with Crippen molar-refractivity contribution in [3.63, 3.8) is 0 Å². The molecule has 0 amide bonds. The molecule has 0 bridgehead atoms. The standard InChI is InChI=1S/C12H14N2S2/c1-8-3-4-10(6-13)11(5-8)16-12-14-9(2)7-15-12/h3-5,7H,6,13H2,1-2H3. The summed E-state index contributed by atoms with van der Waals surface area (Å²) in [5.41, 5.74) is 9.25. The predicted molar refractivity (Wildman–Crippen MR) is 70.0 cm³/mol. The minimum atomic E-state index is 0.576. The Labute approximate surface area is 104 Å². The zero-order valence-corrected chi connectivity index (χ0v) is 11.0. The lowest BCUT2D eigenvalue weighted by atomic mass is 10.1. The van der Waals surface area contributed by atoms with E-state index in [0.29, 0.717) is 6.54 Å². The van der Waals surface area contributed by atoms with Crippen molar-refractivity contribution < 1.29 is 0 Å². The van der Waals surface area contributed by atoms with E-state index in [-0.39, 0.29) is 0 Å². The van der Waals surface area contributed by atoms with Crippen LogP contribution in [0.5, 0.6) is 0 Å². The Bertz CT molecular complexity index is 492. The van der Waals surface area contributed by atoms with Crippen LogP contribution in [0, 0.1) is 13.8 Å². The molecule has 4 heteroatoms. The summed E-state index contributed by atoms with van der Waals surface area (Å²) in [6.07, 6.45) is 0. The number of hydrogen-bond acceptors (Lipinski definition) is 4. The predicted octanol–water partition coefficient (Wildman–Crippen LogP) is 3.37. The van der Waals surface area contributed by atoms with E-state index in [9.17, 15) is 0 Å². The van der Waals surface area contributed by atoms with Crippen LogP contribution < -0.4 is 5.73 Å². The van der Waals surface area contributed by atoms with Gasteiger partial charge in [-0.15, -0.1) is 11.3 Å². The van der Waals surface area contributed by atoms with Crippen LogP contribution in [0.4, 0.5) is 0 Å². The molecular weight excluding hydrogens is 236 g/mol. The van der Waals surface area contributed by atoms with Crippen LogP contribution in [0.25, 0.3) is 0 Å². The van der Waals surface area contributed by atoms with Crippen molar-refractivity contribution in [3.8, 4) is 0 Å². The van der Waals surface area contributed by atoms with Crippen LogP contribution in [0.2, 0.25) is 0 Å². The number of aryl methyl sites for hydroxylation is 2. The third kappa shape index (κ3) is 2.64. The molecule has 0 aliphatic heterocycles. The molecule has 0 saturated carbocycles. The van der Waals surface area contributed by atoms with E-state index < -0.39 is 0 Å². The molecular formula is C12H14N2S2. The first kappa shape index (κ1) is 11.6. The Kier molecular flexibility index (Phi) is 3.63. The molecule has 16 heavy (non-hydrogen) atoms. The van der Waals surface area contributed by atoms with Gasteiger partial charge in [0.25, 0.3) is 0 Å². The van der Waals surface area contributed by atoms with Gasteiger partial charge in [-0.1, -0.05) is 23.9 Å². The lowest BCUT2D eigenvalue weighted by molar-refractivity contribution is 1.02. The highest BCUT2D eigenvalue weighted by Gasteiger charge is 2.06. The van der Waals surface area contributed by atoms with Gasteiger partial charge in [0.2, 0.25) is 0 Å². The highest BCUT2D eigenvalue weighted by molar-refractivity contribution is 8.01. The van der Waals surface area contributed by atoms with Gasteiger partial charge in [0.15, 0.2) is 4.34 Å². The summed E-state index contributed by atoms with van der Waals surface area (Å²) >= 11 is 3.38. The number of nitrogens with two attached hydrogens (primary N) is 1. The largest absolute Gasteiger partial charge is 0.326 e. The minimum Gasteiger partial charge on any atom is -0.326 e. The summed E-state index contributed by atoms with van der Waals surface area (Å²) in [5.74, 6) is 0. The molecule has 0 fully saturated rings. The number of benzene rings is 1. The molecule has 0 atom stereocenters. The molecule has 0 saturated heterocycles. The van der Waals surface area contributed by atoms with Crippen molar-refractivity contribution in [3.05, 3.63) is 40.4 Å². The van der Waals surface area contributed by atoms with Gasteiger partial charge in [-0.2, -0.15) is 0 Å². The summed E-state index contributed by atoms with van der Waals surface area (Å²) in [5, 5.41) is 2.07. The van der Waals surface area contributed by atoms with E-state index in [0.717, 1.165) is 10.0 Å². The molecule has 84 valence electrons. The van der Waals surface area contributed by atoms with E-state index in [2.05, 4.69) is 35.5 Å². The maximum atomic E-state index is 5.73. The van der Waals surface area contributed by atoms with Gasteiger partial charge in [-0.25, -0.2) is 4.98 Å². The molecule has 1 aromatic carbocycles. The second kappa shape index (κ2) is 4.99. The molecule has 0 radical (unpaired) electrons. The van der Waals surface area contributed by atoms with Gasteiger partial charge in [0.05, 0.1) is 0 Å². The van der Waals surface area contributed by atoms with Crippen molar-refractivity contribution in [2.45, 2.75) is 29.6 Å². The first-order valence-electron chi connectivity index (χ1n) is 5.08. The zero-order valence-electron chi connectivity index (χ0n) is 9.36. The first-order valence-corrected chi connectivity index (χ1v) is 6.78. The monoisotopic (exact) mass is 250 g/mol. The van der Waals surface area contributed by atoms with Crippen molar-refractivity contribution in [1.82, 2.24) is 4.98 Å². The van der Waals surface area contributed by atoms with Crippen LogP contribution in [0.15, 0.2) is 32.8 Å². The second-order valence-electron chi connectivity index (χ2n) is 3.67. The van der Waals surface area contributed by atoms with Crippen molar-refractivity contribution in [2.75, 3.05) is 0 Å². The lowest BCUT2D eigenvalue weighted by Crippen LogP contribution is -1.98. The Hall–Kier alpha value is -0.840. The van der Waals surface area contributed by atoms with E-state index in [1.807, 2.05) is 6.92 Å². The summed E-state index contributed by atoms with van der Waals surface area (Å²) in [7, 11) is 0. The third-order valence-electron chi connectivity index (χ3n) is 2.24. The van der Waals surface area contributed by atoms with Gasteiger partial charge in [-0.05, 0) is 31.0 Å². The van der Waals surface area contributed by atoms with Gasteiger partial charge in [0, 0.05) is 22.5 Å². The topological polar surface area (TPSA) is 38.9 Å². The third-order valence-corrected chi connectivity index (χ3v) is 4.39. The summed E-state index contributed by atoms with van der Waals surface area (Å²) in [6.45, 7) is 4.69. The SMILES string of the molecule is Cc1ccc(CN)c(Sc2nc(C)cs2)c1. The molecule has 0 spiro atoms. The normalized spacial score (nSPS) is 10.7. The maximum Gasteiger partial charge on any atom is 0.154 e. The Balaban J connectivity index is 2.29. The van der Waals surface area contributed by atoms with Crippen LogP contribution in [0.3, 0.4) is 0 Å². The number of nitrogens with zero attached hydrogens (tertiary/aromatic N) is 1. The van der Waals surface area contributed by atoms with Gasteiger partial charge in [0.1, 0.15) is 0 Å². The van der Waals surface area contributed by atoms with Crippen LogP contribution >= 0.6 is 23.1 Å². The van der Waals surface area contributed by atoms with Gasteiger partial charge < -0.3 is 5.73 Å². The number of thiazole rings is 1. The van der Waals surface area contributed by atoms with Crippen LogP contribution in [-0.2, 0) is 6.54 Å². The van der Waals surface area contributed by atoms with E-state index in [1.165, 1.54) is 16.0 Å². The molecule has 2 rings (SSSR count). The fourth-order valence-corrected chi connectivity index (χ4v) is 3.43. The lowest BCUT2D eigenvalue weighted by Gasteiger charge is -2.06. The Morgan fingerprint density at radius 2 is 2.19 bits per heavy atom. The average molecular weight is 250 g/mol. The fourth-order valence-electron chi connectivity index (χ4n) is 1.40. The number of aromatic nitrogens is 1. The molecule has 2 aromatic rings. The van der Waals surface area contributed by atoms with Crippen molar-refractivity contribution in [2.24, 2.45) is 5.73 Å². The van der Waals surface area contributed by atoms with Crippen molar-refractivity contribution >= 4 is 23.1 Å². The van der Waals surface area contributed by atoms with E-state index >= 15 is 0 Å². The summed E-state index contributed by atoms with van der Waals surface area (Å²) in [6, 6.07) is 6.36. The Morgan fingerprint density at radius 1 is 1.38 bits per heavy atom. The molecule has 0 aliphatic carbocycles. The molecule has 0 unspecified atom stereocenters. The maximum absolute atomic E-state index is 5.73. The fraction of sp³-hybridized carbons (Fsp3) is 0.250. The summed E-state index contributed by atoms with van der Waals surface area (Å²) in [4.78, 5) is 5.67. The van der Waals surface area contributed by atoms with E-state index in [4.69, 9.17) is 5.73 Å². The smallest absolute Gasteiger partial charge is 0.154 e. The highest BCUT2D eigenvalue weighted by atomic mass is 32.2.